The van der Waals surface area contributed by atoms with Gasteiger partial charge in [0.25, 0.3) is 0 Å². The number of aromatic nitrogens is 3. The van der Waals surface area contributed by atoms with Gasteiger partial charge in [0, 0.05) is 16.7 Å². The van der Waals surface area contributed by atoms with Gasteiger partial charge in [-0.25, -0.2) is 15.0 Å². The molecule has 0 radical (unpaired) electrons. The van der Waals surface area contributed by atoms with Gasteiger partial charge in [0.15, 0.2) is 17.5 Å². The fraction of sp³-hybridized carbons (Fsp3) is 0.0175. The number of nitriles is 1. The normalized spacial score (nSPS) is 12.4. The van der Waals surface area contributed by atoms with E-state index >= 15 is 0 Å². The van der Waals surface area contributed by atoms with E-state index in [0.29, 0.717) is 23.0 Å². The van der Waals surface area contributed by atoms with Gasteiger partial charge >= 0.3 is 0 Å². The van der Waals surface area contributed by atoms with E-state index in [2.05, 4.69) is 152 Å². The van der Waals surface area contributed by atoms with Gasteiger partial charge in [-0.15, -0.1) is 0 Å². The van der Waals surface area contributed by atoms with E-state index in [1.54, 1.807) is 0 Å². The van der Waals surface area contributed by atoms with Crippen LogP contribution < -0.4 is 0 Å². The Bertz CT molecular complexity index is 3170. The number of benzene rings is 9. The summed E-state index contributed by atoms with van der Waals surface area (Å²) in [6, 6.07) is 79.0. The van der Waals surface area contributed by atoms with Crippen molar-refractivity contribution in [1.29, 1.82) is 5.26 Å². The summed E-state index contributed by atoms with van der Waals surface area (Å²) < 4.78 is 0. The largest absolute Gasteiger partial charge is 0.208 e. The molecule has 4 nitrogen and oxygen atoms in total. The monoisotopic (exact) mass is 776 g/mol. The third-order valence-electron chi connectivity index (χ3n) is 12.1. The fourth-order valence-corrected chi connectivity index (χ4v) is 9.24. The highest BCUT2D eigenvalue weighted by molar-refractivity contribution is 6.10. The van der Waals surface area contributed by atoms with Crippen molar-refractivity contribution in [2.75, 3.05) is 0 Å². The van der Waals surface area contributed by atoms with Crippen LogP contribution in [0.5, 0.6) is 0 Å². The Morgan fingerprint density at radius 1 is 0.344 bits per heavy atom. The maximum atomic E-state index is 9.63. The van der Waals surface area contributed by atoms with Gasteiger partial charge in [-0.1, -0.05) is 194 Å². The molecule has 9 aromatic carbocycles. The molecular formula is C57H36N4. The third-order valence-corrected chi connectivity index (χ3v) is 12.1. The van der Waals surface area contributed by atoms with Crippen molar-refractivity contribution in [1.82, 2.24) is 15.0 Å². The summed E-state index contributed by atoms with van der Waals surface area (Å²) in [6.45, 7) is 0. The molecule has 284 valence electrons. The number of fused-ring (bicyclic) bond motifs is 5. The van der Waals surface area contributed by atoms with Crippen molar-refractivity contribution in [3.05, 3.63) is 246 Å². The summed E-state index contributed by atoms with van der Waals surface area (Å²) in [6.07, 6.45) is 0. The van der Waals surface area contributed by atoms with Gasteiger partial charge < -0.3 is 0 Å². The van der Waals surface area contributed by atoms with Gasteiger partial charge in [-0.3, -0.25) is 0 Å². The molecule has 61 heavy (non-hydrogen) atoms. The Kier molecular flexibility index (Phi) is 8.73. The molecule has 4 heteroatoms. The van der Waals surface area contributed by atoms with Crippen molar-refractivity contribution in [2.45, 2.75) is 5.41 Å². The van der Waals surface area contributed by atoms with Crippen molar-refractivity contribution < 1.29 is 0 Å². The minimum absolute atomic E-state index is 0.624. The van der Waals surface area contributed by atoms with Crippen LogP contribution in [0, 0.1) is 11.3 Å². The van der Waals surface area contributed by atoms with Crippen LogP contribution in [0.25, 0.3) is 78.3 Å². The van der Waals surface area contributed by atoms with E-state index in [1.165, 1.54) is 44.2 Å². The molecule has 1 aliphatic carbocycles. The highest BCUT2D eigenvalue weighted by Crippen LogP contribution is 2.59. The highest BCUT2D eigenvalue weighted by atomic mass is 15.0. The fourth-order valence-electron chi connectivity index (χ4n) is 9.24. The minimum Gasteiger partial charge on any atom is -0.208 e. The lowest BCUT2D eigenvalue weighted by Crippen LogP contribution is -2.28. The second-order valence-electron chi connectivity index (χ2n) is 15.4. The lowest BCUT2D eigenvalue weighted by atomic mass is 9.67. The SMILES string of the molecule is N#Cc1ccc(-c2cc3c(c4ccccc24)-c2ccc(-c4ccc(-c5nc(-c6ccccc6)nc(-c6ccccc6)n5)cc4)cc2C3(c2ccccc2)c2ccccc2)cc1. The van der Waals surface area contributed by atoms with Crippen molar-refractivity contribution in [2.24, 2.45) is 0 Å². The lowest BCUT2D eigenvalue weighted by molar-refractivity contribution is 0.769. The van der Waals surface area contributed by atoms with E-state index in [9.17, 15) is 5.26 Å². The van der Waals surface area contributed by atoms with Crippen molar-refractivity contribution >= 4 is 10.8 Å². The Hall–Kier alpha value is -8.26. The van der Waals surface area contributed by atoms with Crippen LogP contribution in [0.3, 0.4) is 0 Å². The molecular weight excluding hydrogens is 741 g/mol. The number of hydrogen-bond donors (Lipinski definition) is 0. The average molecular weight is 777 g/mol. The standard InChI is InChI=1S/C57H36N4/c58-37-38-25-27-40(28-26-38)50-36-52-53(48-24-14-13-23-47(48)50)49-34-33-44(35-51(49)57(52,45-19-9-3-10-20-45)46-21-11-4-12-22-46)39-29-31-43(32-30-39)56-60-54(41-15-5-1-6-16-41)59-55(61-56)42-17-7-2-8-18-42/h1-36H. The highest BCUT2D eigenvalue weighted by Gasteiger charge is 2.47. The molecule has 0 fully saturated rings. The maximum Gasteiger partial charge on any atom is 0.164 e. The predicted molar refractivity (Wildman–Crippen MR) is 247 cm³/mol. The lowest BCUT2D eigenvalue weighted by Gasteiger charge is -2.34. The summed E-state index contributed by atoms with van der Waals surface area (Å²) >= 11 is 0. The van der Waals surface area contributed by atoms with Gasteiger partial charge in [0.05, 0.1) is 17.0 Å². The average Bonchev–Trinajstić information content (AvgIpc) is 3.65. The Labute approximate surface area is 354 Å². The molecule has 11 rings (SSSR count). The van der Waals surface area contributed by atoms with Crippen LogP contribution >= 0.6 is 0 Å². The quantitative estimate of drug-likeness (QED) is 0.162. The minimum atomic E-state index is -0.624. The summed E-state index contributed by atoms with van der Waals surface area (Å²) in [4.78, 5) is 14.9. The first-order valence-electron chi connectivity index (χ1n) is 20.5. The Morgan fingerprint density at radius 2 is 0.787 bits per heavy atom. The van der Waals surface area contributed by atoms with Crippen LogP contribution in [0.4, 0.5) is 0 Å². The molecule has 10 aromatic rings. The van der Waals surface area contributed by atoms with Gasteiger partial charge in [0.1, 0.15) is 0 Å². The molecule has 0 N–H and O–H groups in total. The van der Waals surface area contributed by atoms with Crippen LogP contribution in [0.2, 0.25) is 0 Å². The summed E-state index contributed by atoms with van der Waals surface area (Å²) in [7, 11) is 0. The van der Waals surface area contributed by atoms with Crippen molar-refractivity contribution in [3.63, 3.8) is 0 Å². The summed E-state index contributed by atoms with van der Waals surface area (Å²) in [5, 5.41) is 12.0. The van der Waals surface area contributed by atoms with E-state index in [0.717, 1.165) is 38.9 Å². The van der Waals surface area contributed by atoms with Gasteiger partial charge in [-0.2, -0.15) is 5.26 Å². The molecule has 0 saturated carbocycles. The molecule has 0 saturated heterocycles. The molecule has 0 bridgehead atoms. The zero-order chi connectivity index (χ0) is 40.8. The third kappa shape index (κ3) is 6.03. The second-order valence-corrected chi connectivity index (χ2v) is 15.4. The zero-order valence-corrected chi connectivity index (χ0v) is 33.1. The van der Waals surface area contributed by atoms with E-state index in [1.807, 2.05) is 72.8 Å². The molecule has 0 amide bonds. The maximum absolute atomic E-state index is 9.63. The van der Waals surface area contributed by atoms with Crippen LogP contribution in [-0.4, -0.2) is 15.0 Å². The van der Waals surface area contributed by atoms with Crippen LogP contribution in [0.15, 0.2) is 218 Å². The molecule has 1 aliphatic rings. The van der Waals surface area contributed by atoms with Crippen molar-refractivity contribution in [3.8, 4) is 73.6 Å². The van der Waals surface area contributed by atoms with E-state index in [-0.39, 0.29) is 0 Å². The summed E-state index contributed by atoms with van der Waals surface area (Å²) in [5.74, 6) is 1.90. The van der Waals surface area contributed by atoms with E-state index < -0.39 is 5.41 Å². The Morgan fingerprint density at radius 3 is 1.33 bits per heavy atom. The molecule has 1 heterocycles. The topological polar surface area (TPSA) is 62.5 Å². The predicted octanol–water partition coefficient (Wildman–Crippen LogP) is 13.6. The van der Waals surface area contributed by atoms with Gasteiger partial charge in [0.2, 0.25) is 0 Å². The molecule has 0 atom stereocenters. The second kappa shape index (κ2) is 14.8. The first kappa shape index (κ1) is 35.9. The molecule has 0 aliphatic heterocycles. The smallest absolute Gasteiger partial charge is 0.164 e. The first-order chi connectivity index (χ1) is 30.2. The number of rotatable bonds is 7. The van der Waals surface area contributed by atoms with E-state index in [4.69, 9.17) is 15.0 Å². The zero-order valence-electron chi connectivity index (χ0n) is 33.1. The summed E-state index contributed by atoms with van der Waals surface area (Å²) in [5.41, 5.74) is 14.6. The molecule has 1 aromatic heterocycles. The van der Waals surface area contributed by atoms with Crippen LogP contribution in [-0.2, 0) is 5.41 Å². The molecule has 0 unspecified atom stereocenters. The van der Waals surface area contributed by atoms with Crippen LogP contribution in [0.1, 0.15) is 27.8 Å². The number of nitrogens with zero attached hydrogens (tertiary/aromatic N) is 4. The number of hydrogen-bond acceptors (Lipinski definition) is 4. The van der Waals surface area contributed by atoms with Gasteiger partial charge in [-0.05, 0) is 90.7 Å². The molecule has 0 spiro atoms. The first-order valence-corrected chi connectivity index (χ1v) is 20.5. The Balaban J connectivity index is 1.10.